The minimum Gasteiger partial charge on any atom is -0.493 e. The molecular formula is C23H27FN4O4. The summed E-state index contributed by atoms with van der Waals surface area (Å²) in [4.78, 5) is 16.6. The fourth-order valence-electron chi connectivity index (χ4n) is 3.68. The molecular weight excluding hydrogens is 415 g/mol. The number of halogens is 1. The molecule has 0 radical (unpaired) electrons. The highest BCUT2D eigenvalue weighted by molar-refractivity contribution is 5.91. The Morgan fingerprint density at radius 3 is 2.25 bits per heavy atom. The third-order valence-corrected chi connectivity index (χ3v) is 5.39. The number of carbonyl (C=O) groups excluding carboxylic acids is 1. The van der Waals surface area contributed by atoms with Gasteiger partial charge in [0.15, 0.2) is 11.5 Å². The van der Waals surface area contributed by atoms with Crippen molar-refractivity contribution >= 4 is 17.3 Å². The van der Waals surface area contributed by atoms with Crippen molar-refractivity contribution in [2.24, 2.45) is 0 Å². The number of amides is 1. The van der Waals surface area contributed by atoms with Gasteiger partial charge in [-0.3, -0.25) is 9.69 Å². The molecule has 1 fully saturated rings. The van der Waals surface area contributed by atoms with Crippen molar-refractivity contribution in [1.29, 1.82) is 5.26 Å². The molecule has 2 aromatic rings. The van der Waals surface area contributed by atoms with Crippen LogP contribution in [0, 0.1) is 17.1 Å². The maximum absolute atomic E-state index is 14.3. The predicted molar refractivity (Wildman–Crippen MR) is 119 cm³/mol. The Hall–Kier alpha value is -3.51. The summed E-state index contributed by atoms with van der Waals surface area (Å²) in [5.41, 5.74) is 1.37. The van der Waals surface area contributed by atoms with Crippen LogP contribution < -0.4 is 24.4 Å². The number of nitrogens with zero attached hydrogens (tertiary/aromatic N) is 3. The van der Waals surface area contributed by atoms with Crippen molar-refractivity contribution in [3.8, 4) is 23.3 Å². The zero-order valence-corrected chi connectivity index (χ0v) is 18.5. The molecule has 0 atom stereocenters. The second-order valence-corrected chi connectivity index (χ2v) is 7.32. The molecule has 1 heterocycles. The lowest BCUT2D eigenvalue weighted by atomic mass is 10.1. The van der Waals surface area contributed by atoms with Gasteiger partial charge in [0, 0.05) is 57.0 Å². The third kappa shape index (κ3) is 5.39. The van der Waals surface area contributed by atoms with Gasteiger partial charge in [0.1, 0.15) is 5.82 Å². The van der Waals surface area contributed by atoms with Gasteiger partial charge in [0.2, 0.25) is 11.7 Å². The number of hydrogen-bond acceptors (Lipinski definition) is 7. The van der Waals surface area contributed by atoms with E-state index in [1.54, 1.807) is 24.3 Å². The summed E-state index contributed by atoms with van der Waals surface area (Å²) >= 11 is 0. The first-order valence-electron chi connectivity index (χ1n) is 10.3. The Bertz CT molecular complexity index is 975. The number of carbonyl (C=O) groups is 1. The molecule has 1 N–H and O–H groups in total. The number of methoxy groups -OCH3 is 3. The van der Waals surface area contributed by atoms with Crippen LogP contribution in [-0.4, -0.2) is 64.9 Å². The number of hydrogen-bond donors (Lipinski definition) is 1. The van der Waals surface area contributed by atoms with E-state index in [9.17, 15) is 9.18 Å². The molecule has 0 aliphatic carbocycles. The SMILES string of the molecule is COc1cc(NC(=O)CCN2CCN(c3ccc(C#N)cc3F)CC2)cc(OC)c1OC. The fourth-order valence-corrected chi connectivity index (χ4v) is 3.68. The quantitative estimate of drug-likeness (QED) is 0.673. The predicted octanol–water partition coefficient (Wildman–Crippen LogP) is 2.87. The maximum Gasteiger partial charge on any atom is 0.225 e. The standard InChI is InChI=1S/C23H27FN4O4/c1-30-20-13-17(14-21(31-2)23(20)32-3)26-22(29)6-7-27-8-10-28(11-9-27)19-5-4-16(15-25)12-18(19)24/h4-5,12-14H,6-11H2,1-3H3,(H,26,29). The zero-order chi connectivity index (χ0) is 23.1. The van der Waals surface area contributed by atoms with Crippen LogP contribution in [0.2, 0.25) is 0 Å². The first-order chi connectivity index (χ1) is 15.5. The van der Waals surface area contributed by atoms with Crippen molar-refractivity contribution in [3.63, 3.8) is 0 Å². The van der Waals surface area contributed by atoms with Gasteiger partial charge in [-0.15, -0.1) is 0 Å². The second kappa shape index (κ2) is 10.7. The fraction of sp³-hybridized carbons (Fsp3) is 0.391. The largest absolute Gasteiger partial charge is 0.493 e. The maximum atomic E-state index is 14.3. The lowest BCUT2D eigenvalue weighted by Gasteiger charge is -2.36. The Morgan fingerprint density at radius 1 is 1.06 bits per heavy atom. The summed E-state index contributed by atoms with van der Waals surface area (Å²) in [6, 6.07) is 9.84. The monoisotopic (exact) mass is 442 g/mol. The molecule has 1 amide bonds. The molecule has 1 aliphatic heterocycles. The van der Waals surface area contributed by atoms with Crippen LogP contribution in [0.4, 0.5) is 15.8 Å². The minimum absolute atomic E-state index is 0.125. The molecule has 8 nitrogen and oxygen atoms in total. The van der Waals surface area contributed by atoms with Crippen LogP contribution in [0.25, 0.3) is 0 Å². The van der Waals surface area contributed by atoms with E-state index in [1.165, 1.54) is 27.4 Å². The van der Waals surface area contributed by atoms with Gasteiger partial charge >= 0.3 is 0 Å². The molecule has 1 saturated heterocycles. The van der Waals surface area contributed by atoms with Gasteiger partial charge in [0.25, 0.3) is 0 Å². The van der Waals surface area contributed by atoms with Gasteiger partial charge in [-0.1, -0.05) is 0 Å². The van der Waals surface area contributed by atoms with Crippen molar-refractivity contribution in [2.75, 3.05) is 64.3 Å². The van der Waals surface area contributed by atoms with Crippen molar-refractivity contribution in [2.45, 2.75) is 6.42 Å². The van der Waals surface area contributed by atoms with Crippen LogP contribution in [-0.2, 0) is 4.79 Å². The van der Waals surface area contributed by atoms with E-state index in [0.717, 1.165) is 13.1 Å². The summed E-state index contributed by atoms with van der Waals surface area (Å²) in [6.45, 7) is 3.34. The Labute approximate surface area is 187 Å². The van der Waals surface area contributed by atoms with Gasteiger partial charge in [-0.25, -0.2) is 4.39 Å². The van der Waals surface area contributed by atoms with Gasteiger partial charge in [-0.2, -0.15) is 5.26 Å². The average molecular weight is 442 g/mol. The van der Waals surface area contributed by atoms with Crippen LogP contribution in [0.5, 0.6) is 17.2 Å². The lowest BCUT2D eigenvalue weighted by molar-refractivity contribution is -0.116. The van der Waals surface area contributed by atoms with Gasteiger partial charge in [0.05, 0.1) is 38.6 Å². The molecule has 32 heavy (non-hydrogen) atoms. The van der Waals surface area contributed by atoms with Crippen LogP contribution >= 0.6 is 0 Å². The van der Waals surface area contributed by atoms with E-state index >= 15 is 0 Å². The number of rotatable bonds is 8. The number of ether oxygens (including phenoxy) is 3. The molecule has 2 aromatic carbocycles. The van der Waals surface area contributed by atoms with Crippen LogP contribution in [0.1, 0.15) is 12.0 Å². The summed E-state index contributed by atoms with van der Waals surface area (Å²) in [5, 5.41) is 11.8. The number of benzene rings is 2. The van der Waals surface area contributed by atoms with Crippen LogP contribution in [0.3, 0.4) is 0 Å². The smallest absolute Gasteiger partial charge is 0.225 e. The summed E-state index contributed by atoms with van der Waals surface area (Å²) < 4.78 is 30.2. The van der Waals surface area contributed by atoms with Gasteiger partial charge in [-0.05, 0) is 18.2 Å². The first-order valence-corrected chi connectivity index (χ1v) is 10.3. The summed E-state index contributed by atoms with van der Waals surface area (Å²) in [5.74, 6) is 0.883. The number of nitrogens with one attached hydrogen (secondary N) is 1. The topological polar surface area (TPSA) is 87.1 Å². The molecule has 1 aliphatic rings. The Balaban J connectivity index is 1.51. The Kier molecular flexibility index (Phi) is 7.73. The van der Waals surface area contributed by atoms with Gasteiger partial charge < -0.3 is 24.4 Å². The second-order valence-electron chi connectivity index (χ2n) is 7.32. The number of piperazine rings is 1. The van der Waals surface area contributed by atoms with Crippen LogP contribution in [0.15, 0.2) is 30.3 Å². The molecule has 0 aromatic heterocycles. The first kappa shape index (κ1) is 23.2. The molecule has 9 heteroatoms. The van der Waals surface area contributed by atoms with E-state index < -0.39 is 0 Å². The summed E-state index contributed by atoms with van der Waals surface area (Å²) in [7, 11) is 4.56. The van der Waals surface area contributed by atoms with E-state index in [0.29, 0.717) is 60.2 Å². The average Bonchev–Trinajstić information content (AvgIpc) is 2.82. The minimum atomic E-state index is -0.387. The normalized spacial score (nSPS) is 13.9. The van der Waals surface area contributed by atoms with Crippen molar-refractivity contribution < 1.29 is 23.4 Å². The van der Waals surface area contributed by atoms with Crippen molar-refractivity contribution in [3.05, 3.63) is 41.7 Å². The highest BCUT2D eigenvalue weighted by Crippen LogP contribution is 2.39. The molecule has 0 unspecified atom stereocenters. The van der Waals surface area contributed by atoms with E-state index in [4.69, 9.17) is 19.5 Å². The Morgan fingerprint density at radius 2 is 1.72 bits per heavy atom. The third-order valence-electron chi connectivity index (χ3n) is 5.39. The van der Waals surface area contributed by atoms with Crippen molar-refractivity contribution in [1.82, 2.24) is 4.90 Å². The highest BCUT2D eigenvalue weighted by atomic mass is 19.1. The molecule has 0 saturated carbocycles. The zero-order valence-electron chi connectivity index (χ0n) is 18.5. The van der Waals surface area contributed by atoms with E-state index in [-0.39, 0.29) is 11.7 Å². The highest BCUT2D eigenvalue weighted by Gasteiger charge is 2.20. The summed E-state index contributed by atoms with van der Waals surface area (Å²) in [6.07, 6.45) is 0.321. The molecule has 3 rings (SSSR count). The molecule has 0 bridgehead atoms. The lowest BCUT2D eigenvalue weighted by Crippen LogP contribution is -2.47. The number of nitriles is 1. The molecule has 0 spiro atoms. The van der Waals surface area contributed by atoms with E-state index in [1.807, 2.05) is 11.0 Å². The number of anilines is 2. The van der Waals surface area contributed by atoms with E-state index in [2.05, 4.69) is 10.2 Å². The molecule has 170 valence electrons.